The highest BCUT2D eigenvalue weighted by atomic mass is 16.8. The van der Waals surface area contributed by atoms with E-state index < -0.39 is 42.0 Å². The van der Waals surface area contributed by atoms with E-state index in [9.17, 15) is 19.5 Å². The number of rotatable bonds is 2. The van der Waals surface area contributed by atoms with Crippen molar-refractivity contribution < 1.29 is 52.6 Å². The zero-order valence-corrected chi connectivity index (χ0v) is 39.3. The number of carbonyl (C=O) groups excluding carboxylic acids is 3. The summed E-state index contributed by atoms with van der Waals surface area (Å²) in [6.07, 6.45) is 9.49. The third-order valence-electron chi connectivity index (χ3n) is 12.0. The van der Waals surface area contributed by atoms with Gasteiger partial charge in [0, 0.05) is 12.8 Å². The van der Waals surface area contributed by atoms with Crippen molar-refractivity contribution >= 4 is 17.9 Å². The SMILES string of the molecule is Cc1cc(C)c2c(c1)CCC[C@@H]1OC(C)(C)O[C@@H]1C(O)/C=C\C[C@H](C)OC2=O.Cc1cc(C)c2c(c1)CCC[C@@H]1OC(C)(C)O[C@@H]1C(OC(=O)c1ccccc1)/C=C\C[C@H](C)OC2=O. The molecule has 2 unspecified atom stereocenters. The number of ether oxygens (including phenoxy) is 7. The summed E-state index contributed by atoms with van der Waals surface area (Å²) in [6, 6.07) is 17.1. The van der Waals surface area contributed by atoms with Gasteiger partial charge in [-0.3, -0.25) is 0 Å². The van der Waals surface area contributed by atoms with Crippen LogP contribution < -0.4 is 0 Å². The first-order chi connectivity index (χ1) is 30.3. The molecule has 11 nitrogen and oxygen atoms in total. The summed E-state index contributed by atoms with van der Waals surface area (Å²) < 4.78 is 42.0. The molecular weight excluding hydrogens is 813 g/mol. The average molecular weight is 881 g/mol. The average Bonchev–Trinajstić information content (AvgIpc) is 3.69. The highest BCUT2D eigenvalue weighted by Gasteiger charge is 2.46. The Morgan fingerprint density at radius 2 is 1.12 bits per heavy atom. The Kier molecular flexibility index (Phi) is 16.1. The number of aliphatic hydroxyl groups is 1. The van der Waals surface area contributed by atoms with Gasteiger partial charge in [-0.25, -0.2) is 14.4 Å². The quantitative estimate of drug-likeness (QED) is 0.150. The van der Waals surface area contributed by atoms with Crippen molar-refractivity contribution in [2.45, 2.75) is 181 Å². The largest absolute Gasteiger partial charge is 0.459 e. The van der Waals surface area contributed by atoms with Crippen LogP contribution in [0.2, 0.25) is 0 Å². The maximum atomic E-state index is 13.1. The lowest BCUT2D eigenvalue weighted by atomic mass is 9.93. The monoisotopic (exact) mass is 880 g/mol. The lowest BCUT2D eigenvalue weighted by Gasteiger charge is -2.25. The molecule has 2 fully saturated rings. The Labute approximate surface area is 379 Å². The second-order valence-electron chi connectivity index (χ2n) is 18.8. The van der Waals surface area contributed by atoms with E-state index in [4.69, 9.17) is 33.2 Å². The standard InChI is InChI=1S/C30H36O6.C23H32O5/c1-19-17-20(2)26-23(18-19)14-10-16-25-27(36-30(4,5)35-25)24(15-9-11-21(3)33-29(26)32)34-28(31)22-12-7-6-8-13-22;1-14-12-15(2)20-17(13-14)9-7-11-19-21(28-23(4,5)27-19)18(24)10-6-8-16(3)26-22(20)25/h6-9,12-13,15,17-18,21,24-25,27H,10-11,14,16H2,1-5H3;6,10,12-13,16,18-19,21,24H,7-9,11H2,1-5H3/b15-9-;10-6-/t21-,24?,25-,27+;16-,18?,19-,21+/m00/s1. The van der Waals surface area contributed by atoms with Crippen LogP contribution in [-0.2, 0) is 46.0 Å². The van der Waals surface area contributed by atoms with Crippen molar-refractivity contribution in [2.24, 2.45) is 0 Å². The Morgan fingerprint density at radius 3 is 1.64 bits per heavy atom. The van der Waals surface area contributed by atoms with Gasteiger partial charge in [-0.15, -0.1) is 0 Å². The number of aryl methyl sites for hydroxylation is 6. The van der Waals surface area contributed by atoms with E-state index >= 15 is 0 Å². The molecule has 64 heavy (non-hydrogen) atoms. The van der Waals surface area contributed by atoms with Crippen molar-refractivity contribution in [1.29, 1.82) is 0 Å². The molecule has 11 heteroatoms. The fraction of sp³-hybridized carbons (Fsp3) is 0.528. The van der Waals surface area contributed by atoms with Crippen LogP contribution in [-0.4, -0.2) is 83.4 Å². The summed E-state index contributed by atoms with van der Waals surface area (Å²) in [6.45, 7) is 19.2. The van der Waals surface area contributed by atoms with Crippen molar-refractivity contribution in [3.63, 3.8) is 0 Å². The molecule has 0 aliphatic carbocycles. The van der Waals surface area contributed by atoms with Gasteiger partial charge in [0.2, 0.25) is 0 Å². The molecule has 0 spiro atoms. The molecule has 4 aliphatic rings. The number of cyclic esters (lactones) is 2. The summed E-state index contributed by atoms with van der Waals surface area (Å²) in [5.41, 5.74) is 7.94. The Morgan fingerprint density at radius 1 is 0.656 bits per heavy atom. The molecule has 3 aromatic rings. The van der Waals surface area contributed by atoms with Gasteiger partial charge in [0.1, 0.15) is 36.6 Å². The van der Waals surface area contributed by atoms with E-state index in [1.54, 1.807) is 30.3 Å². The topological polar surface area (TPSA) is 136 Å². The summed E-state index contributed by atoms with van der Waals surface area (Å²) in [7, 11) is 0. The Hall–Kier alpha value is -4.65. The van der Waals surface area contributed by atoms with E-state index in [1.165, 1.54) is 0 Å². The van der Waals surface area contributed by atoms with Crippen LogP contribution in [0.3, 0.4) is 0 Å². The maximum Gasteiger partial charge on any atom is 0.338 e. The van der Waals surface area contributed by atoms with E-state index in [-0.39, 0.29) is 36.4 Å². The molecule has 4 heterocycles. The molecule has 4 aliphatic heterocycles. The number of benzene rings is 3. The molecule has 0 radical (unpaired) electrons. The summed E-state index contributed by atoms with van der Waals surface area (Å²) in [5, 5.41) is 10.6. The van der Waals surface area contributed by atoms with E-state index in [2.05, 4.69) is 12.1 Å². The van der Waals surface area contributed by atoms with E-state index in [1.807, 2.05) is 106 Å². The minimum atomic E-state index is -0.800. The van der Waals surface area contributed by atoms with Crippen molar-refractivity contribution in [2.75, 3.05) is 0 Å². The normalized spacial score (nSPS) is 29.3. The number of carbonyl (C=O) groups is 3. The van der Waals surface area contributed by atoms with E-state index in [0.717, 1.165) is 59.1 Å². The van der Waals surface area contributed by atoms with Crippen LogP contribution in [0.4, 0.5) is 0 Å². The van der Waals surface area contributed by atoms with Gasteiger partial charge in [-0.05, 0) is 148 Å². The Balaban J connectivity index is 0.000000219. The van der Waals surface area contributed by atoms with Gasteiger partial charge >= 0.3 is 17.9 Å². The number of hydrogen-bond acceptors (Lipinski definition) is 11. The molecule has 0 saturated carbocycles. The maximum absolute atomic E-state index is 13.1. The van der Waals surface area contributed by atoms with Crippen LogP contribution in [0.25, 0.3) is 0 Å². The Bertz CT molecular complexity index is 2170. The molecule has 8 atom stereocenters. The highest BCUT2D eigenvalue weighted by Crippen LogP contribution is 2.36. The summed E-state index contributed by atoms with van der Waals surface area (Å²) >= 11 is 0. The van der Waals surface area contributed by atoms with Crippen molar-refractivity contribution in [3.05, 3.63) is 129 Å². The first-order valence-electron chi connectivity index (χ1n) is 22.9. The number of fused-ring (bicyclic) bond motifs is 4. The molecule has 2 saturated heterocycles. The molecule has 0 amide bonds. The smallest absolute Gasteiger partial charge is 0.338 e. The molecule has 3 aromatic carbocycles. The number of esters is 3. The minimum Gasteiger partial charge on any atom is -0.459 e. The van der Waals surface area contributed by atoms with Crippen molar-refractivity contribution in [1.82, 2.24) is 0 Å². The summed E-state index contributed by atoms with van der Waals surface area (Å²) in [5.74, 6) is -2.50. The lowest BCUT2D eigenvalue weighted by molar-refractivity contribution is -0.153. The third-order valence-corrected chi connectivity index (χ3v) is 12.0. The second kappa shape index (κ2) is 21.1. The number of aliphatic hydroxyl groups excluding tert-OH is 1. The van der Waals surface area contributed by atoms with Gasteiger partial charge < -0.3 is 38.3 Å². The first kappa shape index (κ1) is 48.8. The minimum absolute atomic E-state index is 0.184. The van der Waals surface area contributed by atoms with Crippen LogP contribution in [0.1, 0.15) is 145 Å². The molecule has 346 valence electrons. The number of hydrogen-bond donors (Lipinski definition) is 1. The zero-order chi connectivity index (χ0) is 46.3. The van der Waals surface area contributed by atoms with Crippen LogP contribution >= 0.6 is 0 Å². The van der Waals surface area contributed by atoms with Crippen LogP contribution in [0.5, 0.6) is 0 Å². The van der Waals surface area contributed by atoms with Crippen LogP contribution in [0.15, 0.2) is 78.9 Å². The second-order valence-corrected chi connectivity index (χ2v) is 18.8. The fourth-order valence-electron chi connectivity index (χ4n) is 9.30. The molecule has 0 aromatic heterocycles. The van der Waals surface area contributed by atoms with Gasteiger partial charge in [-0.1, -0.05) is 71.8 Å². The zero-order valence-electron chi connectivity index (χ0n) is 39.3. The predicted molar refractivity (Wildman–Crippen MR) is 244 cm³/mol. The lowest BCUT2D eigenvalue weighted by Crippen LogP contribution is -2.38. The predicted octanol–water partition coefficient (Wildman–Crippen LogP) is 9.89. The molecule has 0 bridgehead atoms. The fourth-order valence-corrected chi connectivity index (χ4v) is 9.30. The molecular formula is C53H68O11. The van der Waals surface area contributed by atoms with Gasteiger partial charge in [-0.2, -0.15) is 0 Å². The van der Waals surface area contributed by atoms with E-state index in [0.29, 0.717) is 42.4 Å². The summed E-state index contributed by atoms with van der Waals surface area (Å²) in [4.78, 5) is 38.8. The highest BCUT2D eigenvalue weighted by molar-refractivity contribution is 5.93. The van der Waals surface area contributed by atoms with Crippen LogP contribution in [0, 0.1) is 27.7 Å². The molecule has 1 N–H and O–H groups in total. The van der Waals surface area contributed by atoms with Gasteiger partial charge in [0.05, 0.1) is 28.9 Å². The molecule has 7 rings (SSSR count). The van der Waals surface area contributed by atoms with Crippen molar-refractivity contribution in [3.8, 4) is 0 Å². The third kappa shape index (κ3) is 12.8. The first-order valence-corrected chi connectivity index (χ1v) is 22.9. The van der Waals surface area contributed by atoms with Gasteiger partial charge in [0.15, 0.2) is 11.6 Å². The van der Waals surface area contributed by atoms with Gasteiger partial charge in [0.25, 0.3) is 0 Å².